The number of hydrogen-bond acceptors (Lipinski definition) is 4. The summed E-state index contributed by atoms with van der Waals surface area (Å²) in [5.74, 6) is 0.425. The van der Waals surface area contributed by atoms with E-state index < -0.39 is 18.8 Å². The van der Waals surface area contributed by atoms with Gasteiger partial charge < -0.3 is 14.4 Å². The summed E-state index contributed by atoms with van der Waals surface area (Å²) in [4.78, 5) is 14.7. The lowest BCUT2D eigenvalue weighted by molar-refractivity contribution is -0.143. The smallest absolute Gasteiger partial charge is 0.408 e. The van der Waals surface area contributed by atoms with Gasteiger partial charge in [0.25, 0.3) is 5.91 Å². The maximum Gasteiger partial charge on any atom is 0.408 e. The van der Waals surface area contributed by atoms with E-state index >= 15 is 0 Å². The third kappa shape index (κ3) is 4.14. The van der Waals surface area contributed by atoms with Crippen LogP contribution in [0, 0.1) is 13.8 Å². The SMILES string of the molecule is COc1ccc(C(=O)N2CCOC[C@@H]2c2c(C)nn(CC(F)(F)F)c2C)cc1. The zero-order valence-corrected chi connectivity index (χ0v) is 15.9. The largest absolute Gasteiger partial charge is 0.497 e. The van der Waals surface area contributed by atoms with Gasteiger partial charge in [-0.2, -0.15) is 18.3 Å². The van der Waals surface area contributed by atoms with E-state index in [1.54, 1.807) is 50.1 Å². The topological polar surface area (TPSA) is 56.6 Å². The van der Waals surface area contributed by atoms with Crippen LogP contribution in [0.3, 0.4) is 0 Å². The lowest BCUT2D eigenvalue weighted by Gasteiger charge is -2.36. The fraction of sp³-hybridized carbons (Fsp3) is 0.474. The lowest BCUT2D eigenvalue weighted by atomic mass is 10.0. The van der Waals surface area contributed by atoms with Crippen molar-refractivity contribution in [3.05, 3.63) is 46.8 Å². The predicted octanol–water partition coefficient (Wildman–Crippen LogP) is 3.28. The highest BCUT2D eigenvalue weighted by atomic mass is 19.4. The summed E-state index contributed by atoms with van der Waals surface area (Å²) in [6, 6.07) is 6.23. The molecule has 9 heteroatoms. The van der Waals surface area contributed by atoms with E-state index in [1.165, 1.54) is 0 Å². The molecular formula is C19H22F3N3O3. The number of alkyl halides is 3. The van der Waals surface area contributed by atoms with E-state index in [1.807, 2.05) is 0 Å². The zero-order valence-electron chi connectivity index (χ0n) is 15.9. The van der Waals surface area contributed by atoms with Crippen LogP contribution in [0.15, 0.2) is 24.3 Å². The van der Waals surface area contributed by atoms with Gasteiger partial charge >= 0.3 is 6.18 Å². The first-order valence-electron chi connectivity index (χ1n) is 8.84. The number of halogens is 3. The molecule has 0 bridgehead atoms. The summed E-state index contributed by atoms with van der Waals surface area (Å²) in [5.41, 5.74) is 1.93. The van der Waals surface area contributed by atoms with Crippen LogP contribution >= 0.6 is 0 Å². The monoisotopic (exact) mass is 397 g/mol. The average molecular weight is 397 g/mol. The Labute approximate surface area is 160 Å². The predicted molar refractivity (Wildman–Crippen MR) is 95.3 cm³/mol. The number of morpholine rings is 1. The Morgan fingerprint density at radius 3 is 2.57 bits per heavy atom. The standard InChI is InChI=1S/C19H22F3N3O3/c1-12-17(13(2)25(23-12)11-19(20,21)22)16-10-28-9-8-24(16)18(26)14-4-6-15(27-3)7-5-14/h4-7,16H,8-11H2,1-3H3/t16-/m1/s1. The number of aromatic nitrogens is 2. The molecule has 2 aromatic rings. The van der Waals surface area contributed by atoms with Crippen LogP contribution in [0.4, 0.5) is 13.2 Å². The van der Waals surface area contributed by atoms with Gasteiger partial charge in [-0.1, -0.05) is 0 Å². The maximum atomic E-state index is 13.1. The van der Waals surface area contributed by atoms with Gasteiger partial charge in [-0.25, -0.2) is 0 Å². The molecule has 28 heavy (non-hydrogen) atoms. The molecular weight excluding hydrogens is 375 g/mol. The number of amides is 1. The molecule has 1 saturated heterocycles. The van der Waals surface area contributed by atoms with E-state index in [4.69, 9.17) is 9.47 Å². The van der Waals surface area contributed by atoms with Crippen LogP contribution in [-0.4, -0.2) is 53.6 Å². The molecule has 0 saturated carbocycles. The molecule has 3 rings (SSSR count). The molecule has 0 radical (unpaired) electrons. The second-order valence-electron chi connectivity index (χ2n) is 6.68. The van der Waals surface area contributed by atoms with Crippen molar-refractivity contribution >= 4 is 5.91 Å². The van der Waals surface area contributed by atoms with E-state index in [-0.39, 0.29) is 12.5 Å². The fourth-order valence-corrected chi connectivity index (χ4v) is 3.50. The summed E-state index contributed by atoms with van der Waals surface area (Å²) in [6.07, 6.45) is -4.37. The van der Waals surface area contributed by atoms with Crippen molar-refractivity contribution in [2.75, 3.05) is 26.9 Å². The van der Waals surface area contributed by atoms with Crippen LogP contribution in [-0.2, 0) is 11.3 Å². The van der Waals surface area contributed by atoms with Crippen molar-refractivity contribution in [3.8, 4) is 5.75 Å². The summed E-state index contributed by atoms with van der Waals surface area (Å²) in [5, 5.41) is 4.05. The third-order valence-electron chi connectivity index (χ3n) is 4.83. The number of aryl methyl sites for hydroxylation is 1. The second kappa shape index (κ2) is 7.83. The van der Waals surface area contributed by atoms with Crippen molar-refractivity contribution in [1.29, 1.82) is 0 Å². The highest BCUT2D eigenvalue weighted by Gasteiger charge is 2.35. The van der Waals surface area contributed by atoms with Crippen molar-refractivity contribution in [3.63, 3.8) is 0 Å². The van der Waals surface area contributed by atoms with Crippen LogP contribution in [0.1, 0.15) is 33.4 Å². The summed E-state index contributed by atoms with van der Waals surface area (Å²) in [7, 11) is 1.54. The number of nitrogens with zero attached hydrogens (tertiary/aromatic N) is 3. The normalized spacial score (nSPS) is 17.6. The van der Waals surface area contributed by atoms with Crippen molar-refractivity contribution in [2.45, 2.75) is 32.6 Å². The molecule has 0 unspecified atom stereocenters. The summed E-state index contributed by atoms with van der Waals surface area (Å²) in [6.45, 7) is 3.00. The Bertz CT molecular complexity index is 847. The number of carbonyl (C=O) groups is 1. The number of methoxy groups -OCH3 is 1. The Balaban J connectivity index is 1.92. The number of benzene rings is 1. The molecule has 1 atom stereocenters. The molecule has 0 aliphatic carbocycles. The van der Waals surface area contributed by atoms with E-state index in [9.17, 15) is 18.0 Å². The quantitative estimate of drug-likeness (QED) is 0.795. The first-order chi connectivity index (χ1) is 13.2. The van der Waals surface area contributed by atoms with Crippen molar-refractivity contribution in [2.24, 2.45) is 0 Å². The van der Waals surface area contributed by atoms with Gasteiger partial charge in [0.2, 0.25) is 0 Å². The Kier molecular flexibility index (Phi) is 5.64. The molecule has 2 heterocycles. The van der Waals surface area contributed by atoms with Gasteiger partial charge in [-0.3, -0.25) is 9.48 Å². The molecule has 0 spiro atoms. The van der Waals surface area contributed by atoms with Crippen LogP contribution in [0.25, 0.3) is 0 Å². The number of carbonyl (C=O) groups excluding carboxylic acids is 1. The molecule has 1 aliphatic rings. The first-order valence-corrected chi connectivity index (χ1v) is 8.84. The van der Waals surface area contributed by atoms with Gasteiger partial charge in [-0.05, 0) is 38.1 Å². The van der Waals surface area contributed by atoms with Crippen molar-refractivity contribution < 1.29 is 27.4 Å². The van der Waals surface area contributed by atoms with E-state index in [2.05, 4.69) is 5.10 Å². The van der Waals surface area contributed by atoms with Gasteiger partial charge in [0.1, 0.15) is 12.3 Å². The molecule has 1 fully saturated rings. The van der Waals surface area contributed by atoms with Crippen LogP contribution in [0.5, 0.6) is 5.75 Å². The van der Waals surface area contributed by atoms with Crippen LogP contribution in [0.2, 0.25) is 0 Å². The van der Waals surface area contributed by atoms with Gasteiger partial charge in [0, 0.05) is 23.4 Å². The molecule has 1 aliphatic heterocycles. The van der Waals surface area contributed by atoms with Gasteiger partial charge in [-0.15, -0.1) is 0 Å². The first kappa shape index (κ1) is 20.2. The van der Waals surface area contributed by atoms with E-state index in [0.717, 1.165) is 4.68 Å². The fourth-order valence-electron chi connectivity index (χ4n) is 3.50. The molecule has 1 aromatic heterocycles. The average Bonchev–Trinajstić information content (AvgIpc) is 2.92. The van der Waals surface area contributed by atoms with Crippen molar-refractivity contribution in [1.82, 2.24) is 14.7 Å². The lowest BCUT2D eigenvalue weighted by Crippen LogP contribution is -2.43. The molecule has 6 nitrogen and oxygen atoms in total. The minimum atomic E-state index is -4.37. The van der Waals surface area contributed by atoms with Gasteiger partial charge in [0.15, 0.2) is 0 Å². The number of ether oxygens (including phenoxy) is 2. The Hall–Kier alpha value is -2.55. The minimum Gasteiger partial charge on any atom is -0.497 e. The zero-order chi connectivity index (χ0) is 20.5. The number of hydrogen-bond donors (Lipinski definition) is 0. The third-order valence-corrected chi connectivity index (χ3v) is 4.83. The number of rotatable bonds is 4. The molecule has 1 aromatic carbocycles. The highest BCUT2D eigenvalue weighted by molar-refractivity contribution is 5.94. The molecule has 152 valence electrons. The summed E-state index contributed by atoms with van der Waals surface area (Å²) < 4.78 is 50.1. The molecule has 1 amide bonds. The maximum absolute atomic E-state index is 13.1. The van der Waals surface area contributed by atoms with Gasteiger partial charge in [0.05, 0.1) is 32.1 Å². The Morgan fingerprint density at radius 2 is 1.96 bits per heavy atom. The molecule has 0 N–H and O–H groups in total. The highest BCUT2D eigenvalue weighted by Crippen LogP contribution is 2.32. The van der Waals surface area contributed by atoms with E-state index in [0.29, 0.717) is 41.4 Å². The second-order valence-corrected chi connectivity index (χ2v) is 6.68. The summed E-state index contributed by atoms with van der Waals surface area (Å²) >= 11 is 0. The minimum absolute atomic E-state index is 0.210. The Morgan fingerprint density at radius 1 is 1.29 bits per heavy atom. The van der Waals surface area contributed by atoms with Crippen LogP contribution < -0.4 is 4.74 Å².